The fraction of sp³-hybridized carbons (Fsp3) is 0.714. The third kappa shape index (κ3) is 2.56. The van der Waals surface area contributed by atoms with Crippen molar-refractivity contribution in [3.05, 3.63) is 21.9 Å². The summed E-state index contributed by atoms with van der Waals surface area (Å²) in [4.78, 5) is 5.73. The number of fused-ring (bicyclic) bond motifs is 2. The summed E-state index contributed by atoms with van der Waals surface area (Å²) in [6, 6.07) is 5.51. The van der Waals surface area contributed by atoms with Crippen molar-refractivity contribution in [3.63, 3.8) is 0 Å². The van der Waals surface area contributed by atoms with E-state index in [1.807, 2.05) is 11.3 Å². The van der Waals surface area contributed by atoms with Crippen LogP contribution in [0.2, 0.25) is 0 Å². The third-order valence-corrected chi connectivity index (χ3v) is 5.22. The number of hydrogen-bond acceptors (Lipinski definition) is 3. The Labute approximate surface area is 108 Å². The third-order valence-electron chi connectivity index (χ3n) is 4.15. The predicted molar refractivity (Wildman–Crippen MR) is 73.2 cm³/mol. The van der Waals surface area contributed by atoms with Crippen molar-refractivity contribution in [1.29, 1.82) is 0 Å². The minimum Gasteiger partial charge on any atom is -0.312 e. The van der Waals surface area contributed by atoms with Crippen LogP contribution in [0.3, 0.4) is 0 Å². The number of thiophene rings is 1. The first-order chi connectivity index (χ1) is 8.35. The second-order valence-corrected chi connectivity index (χ2v) is 6.66. The van der Waals surface area contributed by atoms with E-state index in [2.05, 4.69) is 29.3 Å². The Kier molecular flexibility index (Phi) is 3.50. The maximum Gasteiger partial charge on any atom is 0.0331 e. The summed E-state index contributed by atoms with van der Waals surface area (Å²) in [5, 5.41) is 3.40. The molecule has 0 spiro atoms. The molecule has 0 radical (unpaired) electrons. The highest BCUT2D eigenvalue weighted by Gasteiger charge is 2.37. The van der Waals surface area contributed by atoms with Crippen molar-refractivity contribution in [1.82, 2.24) is 10.2 Å². The molecule has 2 nitrogen and oxygen atoms in total. The highest BCUT2D eigenvalue weighted by molar-refractivity contribution is 7.11. The van der Waals surface area contributed by atoms with Crippen molar-refractivity contribution in [2.75, 3.05) is 13.1 Å². The van der Waals surface area contributed by atoms with Crippen LogP contribution in [0.15, 0.2) is 12.1 Å². The molecule has 2 fully saturated rings. The molecule has 1 aromatic heterocycles. The molecular formula is C14H22N2S. The fourth-order valence-corrected chi connectivity index (χ4v) is 4.28. The van der Waals surface area contributed by atoms with Crippen molar-refractivity contribution in [2.45, 2.75) is 45.3 Å². The Morgan fingerprint density at radius 1 is 1.35 bits per heavy atom. The van der Waals surface area contributed by atoms with E-state index in [-0.39, 0.29) is 0 Å². The van der Waals surface area contributed by atoms with Gasteiger partial charge in [0, 0.05) is 35.4 Å². The molecule has 1 saturated heterocycles. The molecule has 2 unspecified atom stereocenters. The lowest BCUT2D eigenvalue weighted by atomic mass is 10.1. The summed E-state index contributed by atoms with van der Waals surface area (Å²) < 4.78 is 0. The van der Waals surface area contributed by atoms with E-state index in [0.29, 0.717) is 0 Å². The van der Waals surface area contributed by atoms with Crippen LogP contribution in [-0.2, 0) is 13.1 Å². The number of nitrogens with one attached hydrogen (secondary N) is 1. The zero-order chi connectivity index (χ0) is 11.7. The topological polar surface area (TPSA) is 15.3 Å². The molecule has 0 amide bonds. The minimum atomic E-state index is 0.902. The zero-order valence-corrected chi connectivity index (χ0v) is 11.4. The summed E-state index contributed by atoms with van der Waals surface area (Å²) in [7, 11) is 0. The molecule has 3 heteroatoms. The SMILES string of the molecule is CCNCc1ccc(CN2CC3CCC2C3)s1. The van der Waals surface area contributed by atoms with Crippen molar-refractivity contribution < 1.29 is 0 Å². The first kappa shape index (κ1) is 11.7. The highest BCUT2D eigenvalue weighted by Crippen LogP contribution is 2.38. The molecule has 1 aliphatic heterocycles. The van der Waals surface area contributed by atoms with Crippen molar-refractivity contribution in [3.8, 4) is 0 Å². The van der Waals surface area contributed by atoms with Crippen molar-refractivity contribution in [2.24, 2.45) is 5.92 Å². The Bertz CT molecular complexity index is 374. The lowest BCUT2D eigenvalue weighted by Crippen LogP contribution is -2.31. The number of hydrogen-bond donors (Lipinski definition) is 1. The molecular weight excluding hydrogens is 228 g/mol. The summed E-state index contributed by atoms with van der Waals surface area (Å²) in [5.41, 5.74) is 0. The van der Waals surface area contributed by atoms with Gasteiger partial charge in [0.2, 0.25) is 0 Å². The average Bonchev–Trinajstić information content (AvgIpc) is 3.02. The predicted octanol–water partition coefficient (Wildman–Crippen LogP) is 2.84. The molecule has 2 atom stereocenters. The Morgan fingerprint density at radius 3 is 2.94 bits per heavy atom. The quantitative estimate of drug-likeness (QED) is 0.864. The molecule has 2 aliphatic rings. The summed E-state index contributed by atoms with van der Waals surface area (Å²) in [5.74, 6) is 1.01. The van der Waals surface area contributed by atoms with E-state index in [1.165, 1.54) is 37.2 Å². The number of likely N-dealkylation sites (tertiary alicyclic amines) is 1. The van der Waals surface area contributed by atoms with E-state index in [9.17, 15) is 0 Å². The van der Waals surface area contributed by atoms with Gasteiger partial charge in [-0.2, -0.15) is 0 Å². The lowest BCUT2D eigenvalue weighted by molar-refractivity contribution is 0.207. The van der Waals surface area contributed by atoms with Crippen LogP contribution in [0.4, 0.5) is 0 Å². The van der Waals surface area contributed by atoms with Gasteiger partial charge in [0.25, 0.3) is 0 Å². The number of piperidine rings is 1. The van der Waals surface area contributed by atoms with Crippen LogP contribution in [0.1, 0.15) is 35.9 Å². The number of nitrogens with zero attached hydrogens (tertiary/aromatic N) is 1. The maximum atomic E-state index is 3.40. The Morgan fingerprint density at radius 2 is 2.24 bits per heavy atom. The van der Waals surface area contributed by atoms with Gasteiger partial charge in [0.15, 0.2) is 0 Å². The van der Waals surface area contributed by atoms with Crippen LogP contribution in [0.25, 0.3) is 0 Å². The molecule has 3 rings (SSSR count). The summed E-state index contributed by atoms with van der Waals surface area (Å²) in [6.45, 7) is 6.80. The molecule has 94 valence electrons. The van der Waals surface area contributed by atoms with Crippen LogP contribution >= 0.6 is 11.3 Å². The Balaban J connectivity index is 1.56. The van der Waals surface area contributed by atoms with Gasteiger partial charge >= 0.3 is 0 Å². The van der Waals surface area contributed by atoms with Gasteiger partial charge in [0.1, 0.15) is 0 Å². The average molecular weight is 250 g/mol. The van der Waals surface area contributed by atoms with Gasteiger partial charge in [0.05, 0.1) is 0 Å². The van der Waals surface area contributed by atoms with E-state index in [1.54, 1.807) is 4.88 Å². The largest absolute Gasteiger partial charge is 0.312 e. The van der Waals surface area contributed by atoms with Gasteiger partial charge in [-0.1, -0.05) is 6.92 Å². The lowest BCUT2D eigenvalue weighted by Gasteiger charge is -2.25. The smallest absolute Gasteiger partial charge is 0.0331 e. The van der Waals surface area contributed by atoms with E-state index in [4.69, 9.17) is 0 Å². The number of rotatable bonds is 5. The monoisotopic (exact) mass is 250 g/mol. The summed E-state index contributed by atoms with van der Waals surface area (Å²) in [6.07, 6.45) is 4.40. The van der Waals surface area contributed by atoms with E-state index in [0.717, 1.165) is 25.0 Å². The fourth-order valence-electron chi connectivity index (χ4n) is 3.27. The van der Waals surface area contributed by atoms with E-state index >= 15 is 0 Å². The summed E-state index contributed by atoms with van der Waals surface area (Å²) >= 11 is 1.98. The second kappa shape index (κ2) is 5.09. The zero-order valence-electron chi connectivity index (χ0n) is 10.6. The first-order valence-corrected chi connectivity index (χ1v) is 7.69. The van der Waals surface area contributed by atoms with Crippen LogP contribution in [0, 0.1) is 5.92 Å². The normalized spacial score (nSPS) is 28.1. The molecule has 1 aromatic rings. The maximum absolute atomic E-state index is 3.40. The van der Waals surface area contributed by atoms with Crippen LogP contribution in [-0.4, -0.2) is 24.0 Å². The highest BCUT2D eigenvalue weighted by atomic mass is 32.1. The second-order valence-electron chi connectivity index (χ2n) is 5.41. The van der Waals surface area contributed by atoms with E-state index < -0.39 is 0 Å². The van der Waals surface area contributed by atoms with Crippen molar-refractivity contribution >= 4 is 11.3 Å². The van der Waals surface area contributed by atoms with Gasteiger partial charge in [-0.25, -0.2) is 0 Å². The molecule has 2 bridgehead atoms. The Hall–Kier alpha value is -0.380. The van der Waals surface area contributed by atoms with Crippen LogP contribution < -0.4 is 5.32 Å². The molecule has 1 saturated carbocycles. The molecule has 2 heterocycles. The molecule has 1 N–H and O–H groups in total. The minimum absolute atomic E-state index is 0.902. The van der Waals surface area contributed by atoms with Gasteiger partial charge in [-0.15, -0.1) is 11.3 Å². The molecule has 17 heavy (non-hydrogen) atoms. The van der Waals surface area contributed by atoms with Gasteiger partial charge in [-0.3, -0.25) is 4.90 Å². The van der Waals surface area contributed by atoms with Crippen LogP contribution in [0.5, 0.6) is 0 Å². The van der Waals surface area contributed by atoms with Gasteiger partial charge < -0.3 is 5.32 Å². The standard InChI is InChI=1S/C14H22N2S/c1-2-15-8-13-5-6-14(17-13)10-16-9-11-3-4-12(16)7-11/h5-6,11-12,15H,2-4,7-10H2,1H3. The first-order valence-electron chi connectivity index (χ1n) is 6.87. The molecule has 0 aromatic carbocycles. The molecule has 1 aliphatic carbocycles. The van der Waals surface area contributed by atoms with Gasteiger partial charge in [-0.05, 0) is 43.9 Å².